The van der Waals surface area contributed by atoms with E-state index in [1.165, 1.54) is 0 Å². The van der Waals surface area contributed by atoms with Gasteiger partial charge in [-0.1, -0.05) is 59.8 Å². The fourth-order valence-corrected chi connectivity index (χ4v) is 4.20. The summed E-state index contributed by atoms with van der Waals surface area (Å²) in [5.41, 5.74) is 1.24. The van der Waals surface area contributed by atoms with Crippen molar-refractivity contribution in [2.75, 3.05) is 0 Å². The van der Waals surface area contributed by atoms with Gasteiger partial charge < -0.3 is 9.84 Å². The number of hydrogen-bond donors (Lipinski definition) is 1. The van der Waals surface area contributed by atoms with Gasteiger partial charge in [0.15, 0.2) is 0 Å². The molecule has 2 rings (SSSR count). The molecule has 6 atom stereocenters. The van der Waals surface area contributed by atoms with E-state index in [1.807, 2.05) is 19.9 Å². The molecule has 0 fully saturated rings. The Morgan fingerprint density at radius 3 is 2.65 bits per heavy atom. The Morgan fingerprint density at radius 1 is 1.43 bits per heavy atom. The summed E-state index contributed by atoms with van der Waals surface area (Å²) in [6.07, 6.45) is 6.80. The summed E-state index contributed by atoms with van der Waals surface area (Å²) >= 11 is 0. The molecule has 0 bridgehead atoms. The van der Waals surface area contributed by atoms with Crippen molar-refractivity contribution < 1.29 is 14.6 Å². The average Bonchev–Trinajstić information content (AvgIpc) is 2.45. The molecule has 0 radical (unpaired) electrons. The quantitative estimate of drug-likeness (QED) is 0.796. The van der Waals surface area contributed by atoms with Gasteiger partial charge in [-0.2, -0.15) is 0 Å². The number of aliphatic hydroxyl groups is 1. The lowest BCUT2D eigenvalue weighted by atomic mass is 9.59. The van der Waals surface area contributed by atoms with Crippen LogP contribution >= 0.6 is 0 Å². The summed E-state index contributed by atoms with van der Waals surface area (Å²) in [5.74, 6) is 0.761. The Morgan fingerprint density at radius 2 is 2.09 bits per heavy atom. The van der Waals surface area contributed by atoms with Crippen molar-refractivity contribution in [2.45, 2.75) is 66.6 Å². The molecule has 6 unspecified atom stereocenters. The first-order valence-electron chi connectivity index (χ1n) is 8.93. The zero-order valence-electron chi connectivity index (χ0n) is 15.4. The summed E-state index contributed by atoms with van der Waals surface area (Å²) in [6, 6.07) is 0. The van der Waals surface area contributed by atoms with Crippen LogP contribution in [0.1, 0.15) is 54.4 Å². The summed E-state index contributed by atoms with van der Waals surface area (Å²) in [4.78, 5) is 12.3. The van der Waals surface area contributed by atoms with Crippen molar-refractivity contribution in [1.29, 1.82) is 0 Å². The molecule has 0 aliphatic heterocycles. The molecule has 0 heterocycles. The van der Waals surface area contributed by atoms with E-state index < -0.39 is 6.10 Å². The molecule has 3 nitrogen and oxygen atoms in total. The maximum atomic E-state index is 12.3. The number of allylic oxidation sites excluding steroid dienone is 2. The third-order valence-corrected chi connectivity index (χ3v) is 5.47. The molecule has 23 heavy (non-hydrogen) atoms. The molecule has 0 saturated carbocycles. The Balaban J connectivity index is 2.34. The number of aliphatic hydroxyl groups excluding tert-OH is 1. The van der Waals surface area contributed by atoms with Crippen LogP contribution in [0.3, 0.4) is 0 Å². The fraction of sp³-hybridized carbons (Fsp3) is 0.750. The molecule has 0 aromatic rings. The largest absolute Gasteiger partial charge is 0.461 e. The van der Waals surface area contributed by atoms with Crippen LogP contribution < -0.4 is 0 Å². The van der Waals surface area contributed by atoms with E-state index in [4.69, 9.17) is 4.74 Å². The standard InChI is InChI=1S/C20H32O3/c1-7-12(2)19(22)23-16-11-15(21)10-14-9-8-13(3)18(17(14)16)20(4,5)6/h8-10,12-13,15-18,21H,7,11H2,1-6H3. The first-order valence-corrected chi connectivity index (χ1v) is 8.93. The molecule has 2 aliphatic rings. The number of esters is 1. The Labute approximate surface area is 140 Å². The molecule has 0 saturated heterocycles. The van der Waals surface area contributed by atoms with Crippen LogP contribution in [0.5, 0.6) is 0 Å². The Kier molecular flexibility index (Phi) is 5.40. The second-order valence-electron chi connectivity index (χ2n) is 8.39. The van der Waals surface area contributed by atoms with E-state index in [0.29, 0.717) is 18.3 Å². The SMILES string of the molecule is CCC(C)C(=O)OC1CC(O)C=C2C=CC(C)C(C(C)(C)C)C21. The third-order valence-electron chi connectivity index (χ3n) is 5.47. The van der Waals surface area contributed by atoms with Crippen LogP contribution in [-0.4, -0.2) is 23.3 Å². The van der Waals surface area contributed by atoms with Crippen LogP contribution in [0, 0.1) is 29.1 Å². The summed E-state index contributed by atoms with van der Waals surface area (Å²) in [6.45, 7) is 12.9. The molecular formula is C20H32O3. The van der Waals surface area contributed by atoms with Gasteiger partial charge in [-0.25, -0.2) is 0 Å². The zero-order chi connectivity index (χ0) is 17.4. The van der Waals surface area contributed by atoms with Gasteiger partial charge in [0.05, 0.1) is 12.0 Å². The van der Waals surface area contributed by atoms with Gasteiger partial charge in [0.25, 0.3) is 0 Å². The van der Waals surface area contributed by atoms with Gasteiger partial charge in [0.2, 0.25) is 0 Å². The molecule has 2 aliphatic carbocycles. The highest BCUT2D eigenvalue weighted by Gasteiger charge is 2.46. The molecule has 0 amide bonds. The van der Waals surface area contributed by atoms with Crippen molar-refractivity contribution in [3.63, 3.8) is 0 Å². The van der Waals surface area contributed by atoms with Gasteiger partial charge in [-0.3, -0.25) is 4.79 Å². The number of fused-ring (bicyclic) bond motifs is 1. The molecule has 1 N–H and O–H groups in total. The summed E-state index contributed by atoms with van der Waals surface area (Å²) < 4.78 is 5.88. The van der Waals surface area contributed by atoms with E-state index in [1.54, 1.807) is 0 Å². The van der Waals surface area contributed by atoms with E-state index in [9.17, 15) is 9.90 Å². The molecule has 0 spiro atoms. The van der Waals surface area contributed by atoms with Crippen LogP contribution in [-0.2, 0) is 9.53 Å². The van der Waals surface area contributed by atoms with E-state index in [2.05, 4.69) is 39.8 Å². The third kappa shape index (κ3) is 3.88. The first kappa shape index (κ1) is 18.3. The number of carbonyl (C=O) groups excluding carboxylic acids is 1. The number of hydrogen-bond acceptors (Lipinski definition) is 3. The zero-order valence-corrected chi connectivity index (χ0v) is 15.4. The van der Waals surface area contributed by atoms with Gasteiger partial charge >= 0.3 is 5.97 Å². The number of rotatable bonds is 3. The van der Waals surface area contributed by atoms with Gasteiger partial charge in [0.1, 0.15) is 6.10 Å². The lowest BCUT2D eigenvalue weighted by molar-refractivity contribution is -0.160. The van der Waals surface area contributed by atoms with Crippen molar-refractivity contribution in [1.82, 2.24) is 0 Å². The predicted molar refractivity (Wildman–Crippen MR) is 92.8 cm³/mol. The second kappa shape index (κ2) is 6.80. The van der Waals surface area contributed by atoms with Gasteiger partial charge in [0, 0.05) is 12.3 Å². The lowest BCUT2D eigenvalue weighted by Gasteiger charge is -2.48. The Bertz CT molecular complexity index is 498. The summed E-state index contributed by atoms with van der Waals surface area (Å²) in [7, 11) is 0. The minimum absolute atomic E-state index is 0.0915. The van der Waals surface area contributed by atoms with Crippen LogP contribution in [0.4, 0.5) is 0 Å². The number of carbonyl (C=O) groups is 1. The molecule has 0 aromatic heterocycles. The van der Waals surface area contributed by atoms with E-state index in [-0.39, 0.29) is 29.3 Å². The maximum absolute atomic E-state index is 12.3. The van der Waals surface area contributed by atoms with E-state index in [0.717, 1.165) is 12.0 Å². The average molecular weight is 320 g/mol. The van der Waals surface area contributed by atoms with Crippen molar-refractivity contribution in [3.8, 4) is 0 Å². The monoisotopic (exact) mass is 320 g/mol. The maximum Gasteiger partial charge on any atom is 0.308 e. The predicted octanol–water partition coefficient (Wildman–Crippen LogP) is 4.12. The van der Waals surface area contributed by atoms with Crippen molar-refractivity contribution in [2.24, 2.45) is 29.1 Å². The minimum atomic E-state index is -0.533. The van der Waals surface area contributed by atoms with E-state index >= 15 is 0 Å². The fourth-order valence-electron chi connectivity index (χ4n) is 4.20. The highest BCUT2D eigenvalue weighted by atomic mass is 16.5. The topological polar surface area (TPSA) is 46.5 Å². The minimum Gasteiger partial charge on any atom is -0.461 e. The van der Waals surface area contributed by atoms with Gasteiger partial charge in [-0.15, -0.1) is 0 Å². The highest BCUT2D eigenvalue weighted by Crippen LogP contribution is 2.49. The Hall–Kier alpha value is -1.09. The van der Waals surface area contributed by atoms with Crippen LogP contribution in [0.25, 0.3) is 0 Å². The highest BCUT2D eigenvalue weighted by molar-refractivity contribution is 5.72. The smallest absolute Gasteiger partial charge is 0.308 e. The van der Waals surface area contributed by atoms with Crippen molar-refractivity contribution >= 4 is 5.97 Å². The van der Waals surface area contributed by atoms with Crippen LogP contribution in [0.15, 0.2) is 23.8 Å². The molecule has 3 heteroatoms. The van der Waals surface area contributed by atoms with Gasteiger partial charge in [-0.05, 0) is 29.2 Å². The summed E-state index contributed by atoms with van der Waals surface area (Å²) in [5, 5.41) is 10.2. The number of ether oxygens (including phenoxy) is 1. The second-order valence-corrected chi connectivity index (χ2v) is 8.39. The van der Waals surface area contributed by atoms with Crippen molar-refractivity contribution in [3.05, 3.63) is 23.8 Å². The lowest BCUT2D eigenvalue weighted by Crippen LogP contribution is -2.46. The normalized spacial score (nSPS) is 35.3. The molecule has 0 aromatic carbocycles. The first-order chi connectivity index (χ1) is 10.6. The molecular weight excluding hydrogens is 288 g/mol. The van der Waals surface area contributed by atoms with Crippen LogP contribution in [0.2, 0.25) is 0 Å². The molecule has 130 valence electrons.